The summed E-state index contributed by atoms with van der Waals surface area (Å²) in [6.07, 6.45) is 5.67. The molecule has 0 fully saturated rings. The predicted molar refractivity (Wildman–Crippen MR) is 221 cm³/mol. The third kappa shape index (κ3) is 7.72. The van der Waals surface area contributed by atoms with Gasteiger partial charge in [0.1, 0.15) is 30.5 Å². The molecule has 6 aromatic carbocycles. The van der Waals surface area contributed by atoms with E-state index in [-0.39, 0.29) is 21.1 Å². The third-order valence-electron chi connectivity index (χ3n) is 9.83. The van der Waals surface area contributed by atoms with Crippen molar-refractivity contribution in [3.05, 3.63) is 192 Å². The molecule has 3 aromatic heterocycles. The van der Waals surface area contributed by atoms with Crippen molar-refractivity contribution in [1.29, 1.82) is 0 Å². The van der Waals surface area contributed by atoms with E-state index in [1.54, 1.807) is 4.68 Å². The number of hydrogen-bond donors (Lipinski definition) is 0. The molecule has 0 aliphatic rings. The van der Waals surface area contributed by atoms with E-state index in [1.807, 2.05) is 91.4 Å². The van der Waals surface area contributed by atoms with Crippen LogP contribution in [0.25, 0.3) is 44.4 Å². The number of benzene rings is 6. The topological polar surface area (TPSA) is 63.3 Å². The van der Waals surface area contributed by atoms with E-state index in [9.17, 15) is 0 Å². The van der Waals surface area contributed by atoms with Crippen LogP contribution in [-0.4, -0.2) is 19.3 Å². The number of nitrogens with zero attached hydrogens (tertiary/aromatic N) is 4. The molecule has 0 saturated heterocycles. The molecule has 57 heavy (non-hydrogen) atoms. The molecule has 9 aromatic rings. The van der Waals surface area contributed by atoms with Gasteiger partial charge in [-0.25, -0.2) is 4.98 Å². The smallest absolute Gasteiger partial charge is 0.509 e. The summed E-state index contributed by atoms with van der Waals surface area (Å²) < 4.78 is 23.6. The van der Waals surface area contributed by atoms with Gasteiger partial charge in [-0.1, -0.05) is 84.4 Å². The zero-order valence-corrected chi connectivity index (χ0v) is 34.0. The Morgan fingerprint density at radius 2 is 1.30 bits per heavy atom. The van der Waals surface area contributed by atoms with E-state index in [2.05, 4.69) is 98.1 Å². The Bertz CT molecular complexity index is 2760. The van der Waals surface area contributed by atoms with Gasteiger partial charge in [0.05, 0.1) is 11.8 Å². The number of aromatic nitrogens is 4. The second-order valence-corrected chi connectivity index (χ2v) is 13.9. The van der Waals surface area contributed by atoms with Crippen LogP contribution in [0.5, 0.6) is 23.0 Å². The quantitative estimate of drug-likeness (QED) is 0.121. The van der Waals surface area contributed by atoms with Crippen molar-refractivity contribution in [2.24, 2.45) is 0 Å². The molecule has 0 amide bonds. The van der Waals surface area contributed by atoms with Gasteiger partial charge in [0.15, 0.2) is 0 Å². The summed E-state index contributed by atoms with van der Waals surface area (Å²) in [4.78, 5) is 4.70. The van der Waals surface area contributed by atoms with Crippen LogP contribution in [0, 0.1) is 32.9 Å². The van der Waals surface area contributed by atoms with E-state index in [0.717, 1.165) is 83.8 Å². The molecule has 8 heteroatoms. The van der Waals surface area contributed by atoms with Crippen LogP contribution in [0.2, 0.25) is 0 Å². The van der Waals surface area contributed by atoms with Crippen molar-refractivity contribution in [2.75, 3.05) is 0 Å². The summed E-state index contributed by atoms with van der Waals surface area (Å²) in [5.74, 6) is 3.45. The fraction of sp³-hybridized carbons (Fsp3) is 0.102. The number of rotatable bonds is 11. The maximum Gasteiger partial charge on any atom is 2.00 e. The molecule has 0 spiro atoms. The van der Waals surface area contributed by atoms with Gasteiger partial charge in [-0.2, -0.15) is 17.2 Å². The van der Waals surface area contributed by atoms with Crippen LogP contribution in [-0.2, 0) is 34.3 Å². The maximum atomic E-state index is 6.59. The van der Waals surface area contributed by atoms with Crippen LogP contribution in [0.3, 0.4) is 0 Å². The van der Waals surface area contributed by atoms with E-state index < -0.39 is 0 Å². The standard InChI is InChI=1S/C49H38N4O3.Pt/c1-33-23-24-50-46(25-33)53-44-20-11-10-19-42(44)43-22-21-41(28-45(43)53)56-40-18-12-17-39(27-40)52-30-38(29-51-52)47-48(54-31-36-13-6-4-7-14-36)34(2)26-35(3)49(47)55-32-37-15-8-5-9-16-37;/h4-26,29-30H,31-32H2,1-3H3;/q-2;+2. The molecule has 0 aliphatic heterocycles. The zero-order valence-electron chi connectivity index (χ0n) is 31.7. The van der Waals surface area contributed by atoms with Gasteiger partial charge in [-0.05, 0) is 83.9 Å². The molecule has 0 N–H and O–H groups in total. The minimum Gasteiger partial charge on any atom is -0.509 e. The molecule has 9 rings (SSSR count). The summed E-state index contributed by atoms with van der Waals surface area (Å²) in [7, 11) is 0. The van der Waals surface area contributed by atoms with E-state index in [1.165, 1.54) is 0 Å². The molecule has 0 aliphatic carbocycles. The fourth-order valence-corrected chi connectivity index (χ4v) is 7.19. The third-order valence-corrected chi connectivity index (χ3v) is 9.83. The Hall–Kier alpha value is -6.43. The van der Waals surface area contributed by atoms with Crippen molar-refractivity contribution >= 4 is 21.8 Å². The van der Waals surface area contributed by atoms with E-state index in [4.69, 9.17) is 24.3 Å². The van der Waals surface area contributed by atoms with Gasteiger partial charge in [-0.3, -0.25) is 4.68 Å². The molecule has 282 valence electrons. The normalized spacial score (nSPS) is 11.1. The molecule has 0 radical (unpaired) electrons. The van der Waals surface area contributed by atoms with Crippen LogP contribution < -0.4 is 14.2 Å². The number of hydrogen-bond acceptors (Lipinski definition) is 5. The number of pyridine rings is 1. The number of para-hydroxylation sites is 1. The van der Waals surface area contributed by atoms with Gasteiger partial charge in [0, 0.05) is 35.0 Å². The predicted octanol–water partition coefficient (Wildman–Crippen LogP) is 11.5. The number of ether oxygens (including phenoxy) is 3. The second-order valence-electron chi connectivity index (χ2n) is 13.9. The molecular formula is C49H38N4O3Pt. The van der Waals surface area contributed by atoms with Gasteiger partial charge < -0.3 is 18.8 Å². The monoisotopic (exact) mass is 925 g/mol. The summed E-state index contributed by atoms with van der Waals surface area (Å²) in [6, 6.07) is 51.7. The Balaban J connectivity index is 0.00000455. The van der Waals surface area contributed by atoms with Gasteiger partial charge in [0.25, 0.3) is 0 Å². The SMILES string of the molecule is Cc1ccnc(-n2c3[c-]c(Oc4[c-]c(-n5cc(-c6c(OCc7ccccc7)c(C)cc(C)c6OCc6ccccc6)cn5)ccc4)ccc3c3ccccc32)c1.[Pt+2]. The average Bonchev–Trinajstić information content (AvgIpc) is 3.84. The minimum absolute atomic E-state index is 0. The Labute approximate surface area is 346 Å². The summed E-state index contributed by atoms with van der Waals surface area (Å²) in [6.45, 7) is 7.05. The molecule has 7 nitrogen and oxygen atoms in total. The van der Waals surface area contributed by atoms with Gasteiger partial charge in [0.2, 0.25) is 0 Å². The molecule has 3 heterocycles. The molecular weight excluding hydrogens is 888 g/mol. The number of fused-ring (bicyclic) bond motifs is 3. The van der Waals surface area contributed by atoms with Crippen molar-refractivity contribution in [3.8, 4) is 45.6 Å². The van der Waals surface area contributed by atoms with Crippen LogP contribution in [0.1, 0.15) is 27.8 Å². The first-order valence-corrected chi connectivity index (χ1v) is 18.6. The van der Waals surface area contributed by atoms with Gasteiger partial charge >= 0.3 is 21.1 Å². The summed E-state index contributed by atoms with van der Waals surface area (Å²) in [5, 5.41) is 7.01. The van der Waals surface area contributed by atoms with Crippen molar-refractivity contribution in [3.63, 3.8) is 0 Å². The van der Waals surface area contributed by atoms with Crippen LogP contribution >= 0.6 is 0 Å². The molecule has 0 unspecified atom stereocenters. The summed E-state index contributed by atoms with van der Waals surface area (Å²) >= 11 is 0. The van der Waals surface area contributed by atoms with E-state index >= 15 is 0 Å². The number of aryl methyl sites for hydroxylation is 3. The Kier molecular flexibility index (Phi) is 10.8. The Morgan fingerprint density at radius 3 is 2.00 bits per heavy atom. The van der Waals surface area contributed by atoms with Crippen molar-refractivity contribution in [2.45, 2.75) is 34.0 Å². The maximum absolute atomic E-state index is 6.59. The molecule has 0 saturated carbocycles. The summed E-state index contributed by atoms with van der Waals surface area (Å²) in [5.41, 5.74) is 9.70. The first-order chi connectivity index (χ1) is 27.5. The Morgan fingerprint density at radius 1 is 0.632 bits per heavy atom. The van der Waals surface area contributed by atoms with Crippen LogP contribution in [0.4, 0.5) is 0 Å². The second kappa shape index (κ2) is 16.3. The van der Waals surface area contributed by atoms with Gasteiger partial charge in [-0.15, -0.1) is 35.7 Å². The minimum atomic E-state index is 0. The fourth-order valence-electron chi connectivity index (χ4n) is 7.19. The van der Waals surface area contributed by atoms with E-state index in [0.29, 0.717) is 24.7 Å². The van der Waals surface area contributed by atoms with Crippen LogP contribution in [0.15, 0.2) is 152 Å². The first-order valence-electron chi connectivity index (χ1n) is 18.6. The zero-order chi connectivity index (χ0) is 38.0. The molecule has 0 bridgehead atoms. The van der Waals surface area contributed by atoms with Crippen molar-refractivity contribution in [1.82, 2.24) is 19.3 Å². The van der Waals surface area contributed by atoms with Crippen molar-refractivity contribution < 1.29 is 35.3 Å². The average molecular weight is 926 g/mol. The molecule has 0 atom stereocenters. The largest absolute Gasteiger partial charge is 2.00 e. The first kappa shape index (κ1) is 37.5.